The summed E-state index contributed by atoms with van der Waals surface area (Å²) in [5.74, 6) is 0.488. The van der Waals surface area contributed by atoms with E-state index in [0.29, 0.717) is 12.4 Å². The van der Waals surface area contributed by atoms with E-state index in [9.17, 15) is 4.79 Å². The summed E-state index contributed by atoms with van der Waals surface area (Å²) in [4.78, 5) is 19.8. The molecule has 1 N–H and O–H groups in total. The number of rotatable bonds is 3. The summed E-state index contributed by atoms with van der Waals surface area (Å²) in [6.07, 6.45) is 1.36. The van der Waals surface area contributed by atoms with Crippen LogP contribution in [0.3, 0.4) is 0 Å². The third-order valence-electron chi connectivity index (χ3n) is 2.64. The molecule has 1 heterocycles. The molecule has 0 saturated heterocycles. The molecule has 0 unspecified atom stereocenters. The number of halogens is 1. The van der Waals surface area contributed by atoms with Crippen molar-refractivity contribution in [3.63, 3.8) is 0 Å². The highest BCUT2D eigenvalue weighted by Crippen LogP contribution is 2.19. The lowest BCUT2D eigenvalue weighted by Gasteiger charge is -2.18. The number of benzene rings is 1. The fourth-order valence-electron chi connectivity index (χ4n) is 1.80. The summed E-state index contributed by atoms with van der Waals surface area (Å²) in [6, 6.07) is 8.18. The molecule has 0 saturated carbocycles. The lowest BCUT2D eigenvalue weighted by Crippen LogP contribution is -2.21. The van der Waals surface area contributed by atoms with Crippen LogP contribution >= 0.6 is 11.6 Å². The van der Waals surface area contributed by atoms with Gasteiger partial charge in [0, 0.05) is 13.6 Å². The minimum atomic E-state index is -0.322. The molecular formula is C13H14ClN3O. The Hall–Kier alpha value is -1.81. The molecule has 0 fully saturated rings. The van der Waals surface area contributed by atoms with Crippen LogP contribution in [-0.4, -0.2) is 17.0 Å². The summed E-state index contributed by atoms with van der Waals surface area (Å²) in [5.41, 5.74) is 2.03. The second kappa shape index (κ2) is 5.23. The smallest absolute Gasteiger partial charge is 0.271 e. The maximum absolute atomic E-state index is 11.4. The molecular weight excluding hydrogens is 250 g/mol. The minimum absolute atomic E-state index is 0.118. The highest BCUT2D eigenvalue weighted by atomic mass is 35.5. The first kappa shape index (κ1) is 12.6. The maximum Gasteiger partial charge on any atom is 0.271 e. The van der Waals surface area contributed by atoms with Gasteiger partial charge in [0.1, 0.15) is 5.02 Å². The van der Waals surface area contributed by atoms with Gasteiger partial charge in [0.05, 0.1) is 6.33 Å². The Labute approximate surface area is 110 Å². The molecule has 94 valence electrons. The highest BCUT2D eigenvalue weighted by molar-refractivity contribution is 6.32. The van der Waals surface area contributed by atoms with Gasteiger partial charge in [-0.3, -0.25) is 4.79 Å². The van der Waals surface area contributed by atoms with Crippen molar-refractivity contribution in [3.8, 4) is 0 Å². The average Bonchev–Trinajstić information content (AvgIpc) is 2.32. The van der Waals surface area contributed by atoms with Crippen molar-refractivity contribution >= 4 is 17.4 Å². The molecule has 1 aromatic carbocycles. The van der Waals surface area contributed by atoms with Gasteiger partial charge in [-0.2, -0.15) is 0 Å². The molecule has 2 rings (SSSR count). The molecule has 0 aliphatic carbocycles. The largest absolute Gasteiger partial charge is 0.354 e. The van der Waals surface area contributed by atoms with E-state index in [2.05, 4.69) is 16.0 Å². The zero-order valence-electron chi connectivity index (χ0n) is 10.3. The molecule has 5 heteroatoms. The first-order chi connectivity index (χ1) is 8.58. The molecule has 18 heavy (non-hydrogen) atoms. The van der Waals surface area contributed by atoms with Gasteiger partial charge in [-0.1, -0.05) is 41.4 Å². The van der Waals surface area contributed by atoms with E-state index in [1.54, 1.807) is 0 Å². The number of H-pyrrole nitrogens is 1. The van der Waals surface area contributed by atoms with E-state index in [-0.39, 0.29) is 10.6 Å². The molecule has 0 aliphatic rings. The lowest BCUT2D eigenvalue weighted by atomic mass is 10.1. The summed E-state index contributed by atoms with van der Waals surface area (Å²) in [6.45, 7) is 2.69. The van der Waals surface area contributed by atoms with Crippen LogP contribution < -0.4 is 10.5 Å². The Kier molecular flexibility index (Phi) is 3.67. The van der Waals surface area contributed by atoms with Crippen LogP contribution in [0.25, 0.3) is 0 Å². The Morgan fingerprint density at radius 3 is 2.94 bits per heavy atom. The average molecular weight is 264 g/mol. The fourth-order valence-corrected chi connectivity index (χ4v) is 2.05. The monoisotopic (exact) mass is 263 g/mol. The van der Waals surface area contributed by atoms with E-state index >= 15 is 0 Å². The van der Waals surface area contributed by atoms with E-state index in [1.165, 1.54) is 11.9 Å². The molecule has 4 nitrogen and oxygen atoms in total. The summed E-state index contributed by atoms with van der Waals surface area (Å²) >= 11 is 5.94. The number of anilines is 1. The van der Waals surface area contributed by atoms with Crippen molar-refractivity contribution in [2.45, 2.75) is 13.5 Å². The summed E-state index contributed by atoms with van der Waals surface area (Å²) < 4.78 is 0. The fraction of sp³-hybridized carbons (Fsp3) is 0.231. The molecule has 0 radical (unpaired) electrons. The van der Waals surface area contributed by atoms with Crippen molar-refractivity contribution in [1.82, 2.24) is 9.97 Å². The van der Waals surface area contributed by atoms with Crippen molar-refractivity contribution < 1.29 is 0 Å². The second-order valence-electron chi connectivity index (χ2n) is 4.21. The predicted molar refractivity (Wildman–Crippen MR) is 73.2 cm³/mol. The van der Waals surface area contributed by atoms with E-state index in [1.807, 2.05) is 37.1 Å². The quantitative estimate of drug-likeness (QED) is 0.925. The number of nitrogens with zero attached hydrogens (tertiary/aromatic N) is 2. The van der Waals surface area contributed by atoms with Crippen LogP contribution in [0.1, 0.15) is 11.1 Å². The lowest BCUT2D eigenvalue weighted by molar-refractivity contribution is 0.886. The normalized spacial score (nSPS) is 10.4. The summed E-state index contributed by atoms with van der Waals surface area (Å²) in [7, 11) is 1.86. The van der Waals surface area contributed by atoms with Gasteiger partial charge < -0.3 is 9.88 Å². The zero-order valence-corrected chi connectivity index (χ0v) is 11.0. The minimum Gasteiger partial charge on any atom is -0.354 e. The number of nitrogens with one attached hydrogen (secondary N) is 1. The first-order valence-electron chi connectivity index (χ1n) is 5.58. The molecule has 2 aromatic rings. The van der Waals surface area contributed by atoms with E-state index in [0.717, 1.165) is 5.56 Å². The topological polar surface area (TPSA) is 49.0 Å². The summed E-state index contributed by atoms with van der Waals surface area (Å²) in [5, 5.41) is 0.118. The Morgan fingerprint density at radius 1 is 1.44 bits per heavy atom. The van der Waals surface area contributed by atoms with Crippen LogP contribution in [0.4, 0.5) is 5.82 Å². The van der Waals surface area contributed by atoms with Crippen LogP contribution in [0, 0.1) is 6.92 Å². The van der Waals surface area contributed by atoms with Gasteiger partial charge in [-0.05, 0) is 12.5 Å². The molecule has 1 aromatic heterocycles. The molecule has 0 aliphatic heterocycles. The van der Waals surface area contributed by atoms with Gasteiger partial charge in [-0.15, -0.1) is 0 Å². The van der Waals surface area contributed by atoms with Gasteiger partial charge in [0.2, 0.25) is 0 Å². The van der Waals surface area contributed by atoms with Crippen molar-refractivity contribution in [1.29, 1.82) is 0 Å². The zero-order chi connectivity index (χ0) is 13.1. The first-order valence-corrected chi connectivity index (χ1v) is 5.95. The van der Waals surface area contributed by atoms with Crippen LogP contribution in [0.15, 0.2) is 35.4 Å². The van der Waals surface area contributed by atoms with Crippen molar-refractivity contribution in [2.24, 2.45) is 0 Å². The number of aryl methyl sites for hydroxylation is 1. The third kappa shape index (κ3) is 2.71. The van der Waals surface area contributed by atoms with Crippen molar-refractivity contribution in [3.05, 3.63) is 57.1 Å². The third-order valence-corrected chi connectivity index (χ3v) is 2.98. The van der Waals surface area contributed by atoms with E-state index in [4.69, 9.17) is 11.6 Å². The maximum atomic E-state index is 11.4. The van der Waals surface area contributed by atoms with Gasteiger partial charge >= 0.3 is 0 Å². The van der Waals surface area contributed by atoms with Crippen LogP contribution in [0.2, 0.25) is 5.02 Å². The van der Waals surface area contributed by atoms with Gasteiger partial charge in [-0.25, -0.2) is 4.98 Å². The number of hydrogen-bond acceptors (Lipinski definition) is 3. The molecule has 0 amide bonds. The molecule has 0 bridgehead atoms. The van der Waals surface area contributed by atoms with Crippen LogP contribution in [0.5, 0.6) is 0 Å². The van der Waals surface area contributed by atoms with Gasteiger partial charge in [0.15, 0.2) is 5.82 Å². The second-order valence-corrected chi connectivity index (χ2v) is 4.59. The Bertz CT molecular complexity index is 609. The number of aromatic nitrogens is 2. The van der Waals surface area contributed by atoms with Crippen molar-refractivity contribution in [2.75, 3.05) is 11.9 Å². The Balaban J connectivity index is 2.25. The SMILES string of the molecule is Cc1cccc(CN(C)c2nc[nH]c(=O)c2Cl)c1. The number of hydrogen-bond donors (Lipinski definition) is 1. The van der Waals surface area contributed by atoms with E-state index < -0.39 is 0 Å². The number of aromatic amines is 1. The molecule has 0 spiro atoms. The predicted octanol–water partition coefficient (Wildman–Crippen LogP) is 2.37. The Morgan fingerprint density at radius 2 is 2.22 bits per heavy atom. The highest BCUT2D eigenvalue weighted by Gasteiger charge is 2.10. The molecule has 0 atom stereocenters. The van der Waals surface area contributed by atoms with Gasteiger partial charge in [0.25, 0.3) is 5.56 Å². The van der Waals surface area contributed by atoms with Crippen LogP contribution in [-0.2, 0) is 6.54 Å². The standard InChI is InChI=1S/C13H14ClN3O/c1-9-4-3-5-10(6-9)7-17(2)12-11(14)13(18)16-8-15-12/h3-6,8H,7H2,1-2H3,(H,15,16,18).